The van der Waals surface area contributed by atoms with Crippen molar-refractivity contribution in [3.63, 3.8) is 0 Å². The summed E-state index contributed by atoms with van der Waals surface area (Å²) in [5.74, 6) is -1.41. The number of nitrogens with one attached hydrogen (secondary N) is 1. The summed E-state index contributed by atoms with van der Waals surface area (Å²) in [6, 6.07) is 8.46. The van der Waals surface area contributed by atoms with Gasteiger partial charge in [0.15, 0.2) is 0 Å². The van der Waals surface area contributed by atoms with Crippen LogP contribution in [-0.2, 0) is 26.0 Å². The molecule has 0 unspecified atom stereocenters. The Bertz CT molecular complexity index is 691. The minimum Gasteiger partial charge on any atom is -0.368 e. The van der Waals surface area contributed by atoms with Gasteiger partial charge in [-0.05, 0) is 18.4 Å². The number of rotatable bonds is 6. The summed E-state index contributed by atoms with van der Waals surface area (Å²) in [5, 5.41) is 2.67. The van der Waals surface area contributed by atoms with Crippen LogP contribution in [0.5, 0.6) is 0 Å². The average Bonchev–Trinajstić information content (AvgIpc) is 2.54. The number of piperidine rings is 1. The van der Waals surface area contributed by atoms with Gasteiger partial charge in [0.05, 0.1) is 12.2 Å². The molecule has 1 aromatic rings. The van der Waals surface area contributed by atoms with E-state index < -0.39 is 27.9 Å². The number of hydrogen-bond acceptors (Lipinski definition) is 4. The van der Waals surface area contributed by atoms with Gasteiger partial charge < -0.3 is 11.1 Å². The van der Waals surface area contributed by atoms with E-state index in [9.17, 15) is 18.0 Å². The van der Waals surface area contributed by atoms with Gasteiger partial charge in [0, 0.05) is 19.5 Å². The Balaban J connectivity index is 2.01. The first-order valence-corrected chi connectivity index (χ1v) is 9.71. The fraction of sp³-hybridized carbons (Fsp3) is 0.500. The van der Waals surface area contributed by atoms with Crippen LogP contribution >= 0.6 is 0 Å². The molecule has 132 valence electrons. The van der Waals surface area contributed by atoms with Gasteiger partial charge in [-0.2, -0.15) is 0 Å². The van der Waals surface area contributed by atoms with Gasteiger partial charge in [0.25, 0.3) is 0 Å². The van der Waals surface area contributed by atoms with Crippen molar-refractivity contribution < 1.29 is 18.0 Å². The van der Waals surface area contributed by atoms with E-state index in [1.54, 1.807) is 0 Å². The first-order chi connectivity index (χ1) is 11.3. The molecule has 1 aliphatic heterocycles. The van der Waals surface area contributed by atoms with E-state index in [1.165, 1.54) is 4.31 Å². The number of sulfonamides is 1. The fourth-order valence-corrected chi connectivity index (χ4v) is 3.73. The fourth-order valence-electron chi connectivity index (χ4n) is 2.82. The monoisotopic (exact) mass is 353 g/mol. The lowest BCUT2D eigenvalue weighted by Crippen LogP contribution is -2.51. The standard InChI is InChI=1S/C16H23N3O4S/c1-24(22,23)19-9-5-8-13(11-19)16(21)18-14(15(17)20)10-12-6-3-2-4-7-12/h2-4,6-7,13-14H,5,8-11H2,1H3,(H2,17,20)(H,18,21)/t13-,14+/m0/s1. The molecule has 0 radical (unpaired) electrons. The second-order valence-corrected chi connectivity index (χ2v) is 8.10. The van der Waals surface area contributed by atoms with Crippen LogP contribution in [0.1, 0.15) is 18.4 Å². The Labute approximate surface area is 142 Å². The average molecular weight is 353 g/mol. The molecule has 1 aliphatic rings. The van der Waals surface area contributed by atoms with Crippen molar-refractivity contribution in [2.45, 2.75) is 25.3 Å². The lowest BCUT2D eigenvalue weighted by molar-refractivity contribution is -0.130. The van der Waals surface area contributed by atoms with E-state index in [0.717, 1.165) is 11.8 Å². The summed E-state index contributed by atoms with van der Waals surface area (Å²) in [4.78, 5) is 24.1. The van der Waals surface area contributed by atoms with E-state index in [4.69, 9.17) is 5.73 Å². The number of benzene rings is 1. The van der Waals surface area contributed by atoms with Gasteiger partial charge in [-0.3, -0.25) is 9.59 Å². The molecule has 1 aromatic carbocycles. The third kappa shape index (κ3) is 5.04. The normalized spacial score (nSPS) is 20.3. The molecule has 0 saturated carbocycles. The Morgan fingerprint density at radius 1 is 1.33 bits per heavy atom. The number of carbonyl (C=O) groups excluding carboxylic acids is 2. The Kier molecular flexibility index (Phi) is 5.95. The van der Waals surface area contributed by atoms with Crippen LogP contribution in [0.25, 0.3) is 0 Å². The zero-order valence-electron chi connectivity index (χ0n) is 13.6. The molecule has 0 aliphatic carbocycles. The zero-order valence-corrected chi connectivity index (χ0v) is 14.5. The molecule has 2 amide bonds. The maximum Gasteiger partial charge on any atom is 0.240 e. The summed E-state index contributed by atoms with van der Waals surface area (Å²) in [5.41, 5.74) is 6.29. The number of primary amides is 1. The quantitative estimate of drug-likeness (QED) is 0.742. The topological polar surface area (TPSA) is 110 Å². The molecule has 8 heteroatoms. The molecule has 1 heterocycles. The molecule has 7 nitrogen and oxygen atoms in total. The number of nitrogens with two attached hydrogens (primary N) is 1. The molecule has 2 atom stereocenters. The molecule has 0 aromatic heterocycles. The van der Waals surface area contributed by atoms with Gasteiger partial charge >= 0.3 is 0 Å². The minimum atomic E-state index is -3.32. The number of nitrogens with zero attached hydrogens (tertiary/aromatic N) is 1. The Hall–Kier alpha value is -1.93. The molecule has 0 spiro atoms. The number of hydrogen-bond donors (Lipinski definition) is 2. The highest BCUT2D eigenvalue weighted by Gasteiger charge is 2.31. The van der Waals surface area contributed by atoms with Crippen LogP contribution in [0.2, 0.25) is 0 Å². The molecule has 2 rings (SSSR count). The van der Waals surface area contributed by atoms with Crippen LogP contribution in [0.4, 0.5) is 0 Å². The van der Waals surface area contributed by atoms with E-state index in [2.05, 4.69) is 5.32 Å². The Morgan fingerprint density at radius 3 is 2.58 bits per heavy atom. The SMILES string of the molecule is CS(=O)(=O)N1CCC[C@H](C(=O)N[C@H](Cc2ccccc2)C(N)=O)C1. The summed E-state index contributed by atoms with van der Waals surface area (Å²) in [6.45, 7) is 0.563. The van der Waals surface area contributed by atoms with Gasteiger partial charge in [-0.25, -0.2) is 12.7 Å². The summed E-state index contributed by atoms with van der Waals surface area (Å²) in [7, 11) is -3.32. The predicted octanol–water partition coefficient (Wildman–Crippen LogP) is -0.129. The third-order valence-electron chi connectivity index (χ3n) is 4.17. The van der Waals surface area contributed by atoms with Crippen molar-refractivity contribution in [1.29, 1.82) is 0 Å². The van der Waals surface area contributed by atoms with Crippen molar-refractivity contribution in [3.05, 3.63) is 35.9 Å². The minimum absolute atomic E-state index is 0.140. The summed E-state index contributed by atoms with van der Waals surface area (Å²) >= 11 is 0. The molecule has 1 fully saturated rings. The van der Waals surface area contributed by atoms with Crippen LogP contribution in [0.3, 0.4) is 0 Å². The highest BCUT2D eigenvalue weighted by Crippen LogP contribution is 2.19. The van der Waals surface area contributed by atoms with Crippen LogP contribution in [0.15, 0.2) is 30.3 Å². The van der Waals surface area contributed by atoms with Crippen LogP contribution in [-0.4, -0.2) is 49.9 Å². The lowest BCUT2D eigenvalue weighted by atomic mass is 9.97. The molecule has 3 N–H and O–H groups in total. The van der Waals surface area contributed by atoms with Gasteiger partial charge in [0.1, 0.15) is 6.04 Å². The zero-order chi connectivity index (χ0) is 17.7. The van der Waals surface area contributed by atoms with E-state index in [0.29, 0.717) is 25.8 Å². The van der Waals surface area contributed by atoms with Crippen molar-refractivity contribution in [2.24, 2.45) is 11.7 Å². The molecular weight excluding hydrogens is 330 g/mol. The highest BCUT2D eigenvalue weighted by atomic mass is 32.2. The molecule has 24 heavy (non-hydrogen) atoms. The highest BCUT2D eigenvalue weighted by molar-refractivity contribution is 7.88. The molecule has 0 bridgehead atoms. The van der Waals surface area contributed by atoms with E-state index >= 15 is 0 Å². The number of carbonyl (C=O) groups is 2. The maximum atomic E-state index is 12.4. The van der Waals surface area contributed by atoms with Gasteiger partial charge in [-0.15, -0.1) is 0 Å². The smallest absolute Gasteiger partial charge is 0.240 e. The van der Waals surface area contributed by atoms with Crippen LogP contribution < -0.4 is 11.1 Å². The van der Waals surface area contributed by atoms with Gasteiger partial charge in [-0.1, -0.05) is 30.3 Å². The van der Waals surface area contributed by atoms with Crippen molar-refractivity contribution >= 4 is 21.8 Å². The van der Waals surface area contributed by atoms with E-state index in [-0.39, 0.29) is 12.5 Å². The van der Waals surface area contributed by atoms with Crippen molar-refractivity contribution in [3.8, 4) is 0 Å². The van der Waals surface area contributed by atoms with Crippen molar-refractivity contribution in [2.75, 3.05) is 19.3 Å². The molecular formula is C16H23N3O4S. The Morgan fingerprint density at radius 2 is 2.00 bits per heavy atom. The first kappa shape index (κ1) is 18.4. The lowest BCUT2D eigenvalue weighted by Gasteiger charge is -2.31. The number of amides is 2. The third-order valence-corrected chi connectivity index (χ3v) is 5.44. The van der Waals surface area contributed by atoms with E-state index in [1.807, 2.05) is 30.3 Å². The summed E-state index contributed by atoms with van der Waals surface area (Å²) in [6.07, 6.45) is 2.65. The second-order valence-electron chi connectivity index (χ2n) is 6.11. The predicted molar refractivity (Wildman–Crippen MR) is 90.4 cm³/mol. The van der Waals surface area contributed by atoms with Gasteiger partial charge in [0.2, 0.25) is 21.8 Å². The summed E-state index contributed by atoms with van der Waals surface area (Å²) < 4.78 is 24.6. The van der Waals surface area contributed by atoms with Crippen molar-refractivity contribution in [1.82, 2.24) is 9.62 Å². The first-order valence-electron chi connectivity index (χ1n) is 7.86. The largest absolute Gasteiger partial charge is 0.368 e. The molecule has 1 saturated heterocycles. The van der Waals surface area contributed by atoms with Crippen LogP contribution in [0, 0.1) is 5.92 Å². The maximum absolute atomic E-state index is 12.4. The second kappa shape index (κ2) is 7.76.